The Bertz CT molecular complexity index is 2640. The van der Waals surface area contributed by atoms with Gasteiger partial charge in [0.1, 0.15) is 17.9 Å². The Labute approximate surface area is 380 Å². The second kappa shape index (κ2) is 19.6. The number of piperazine rings is 1. The first-order valence-corrected chi connectivity index (χ1v) is 25.1. The summed E-state index contributed by atoms with van der Waals surface area (Å²) in [7, 11) is 0.987. The molecular formula is C47H57ClN11O4P. The van der Waals surface area contributed by atoms with E-state index in [-0.39, 0.29) is 12.3 Å². The second-order valence-corrected chi connectivity index (χ2v) is 20.6. The maximum atomic E-state index is 13.0. The number of aryl methyl sites for hydroxylation is 2. The molecule has 3 aliphatic heterocycles. The third kappa shape index (κ3) is 10.2. The molecule has 5 aromatic rings. The summed E-state index contributed by atoms with van der Waals surface area (Å²) >= 11 is 6.54. The van der Waals surface area contributed by atoms with E-state index >= 15 is 0 Å². The lowest BCUT2D eigenvalue weighted by Crippen LogP contribution is -2.53. The van der Waals surface area contributed by atoms with Crippen LogP contribution in [0.2, 0.25) is 5.02 Å². The van der Waals surface area contributed by atoms with Crippen molar-refractivity contribution >= 4 is 81.5 Å². The minimum Gasteiger partial charge on any atom is -0.494 e. The van der Waals surface area contributed by atoms with Crippen LogP contribution in [0.4, 0.5) is 39.4 Å². The standard InChI is InChI=1S/C47H57ClN11O4P/c1-6-33-29-38(51-46-49-31-36(48)44(53-46)50-37-13-9-10-14-42(37)64(4,5)62)41(63-3)30-39(33)58-21-17-34(18-22-58)57-26-24-56(25-27-57)20-11-7-8-12-32-15-16-35-40(28-32)55(2)54-45(35)59-23-19-43(60)52-47(59)61/h9-10,13-16,28-31,34H,6-7,11,17-27H2,1-5H3,(H,52,60,61)(H2,49,50,51,53). The van der Waals surface area contributed by atoms with Gasteiger partial charge in [0.05, 0.1) is 30.2 Å². The van der Waals surface area contributed by atoms with Gasteiger partial charge in [-0.05, 0) is 87.5 Å². The highest BCUT2D eigenvalue weighted by atomic mass is 35.5. The van der Waals surface area contributed by atoms with Crippen molar-refractivity contribution in [3.63, 3.8) is 0 Å². The highest BCUT2D eigenvalue weighted by Gasteiger charge is 2.30. The van der Waals surface area contributed by atoms with Crippen LogP contribution >= 0.6 is 18.7 Å². The predicted molar refractivity (Wildman–Crippen MR) is 257 cm³/mol. The lowest BCUT2D eigenvalue weighted by molar-refractivity contribution is -0.120. The van der Waals surface area contributed by atoms with E-state index in [9.17, 15) is 14.2 Å². The number of para-hydroxylation sites is 1. The number of fused-ring (bicyclic) bond motifs is 1. The molecule has 3 N–H and O–H groups in total. The third-order valence-electron chi connectivity index (χ3n) is 12.4. The number of carbonyl (C=O) groups excluding carboxylic acids is 2. The van der Waals surface area contributed by atoms with Gasteiger partial charge in [0.2, 0.25) is 11.9 Å². The molecule has 3 fully saturated rings. The molecule has 0 aliphatic carbocycles. The fraction of sp³-hybridized carbons (Fsp3) is 0.426. The lowest BCUT2D eigenvalue weighted by atomic mass is 9.99. The number of imide groups is 1. The third-order valence-corrected chi connectivity index (χ3v) is 14.2. The number of rotatable bonds is 13. The highest BCUT2D eigenvalue weighted by molar-refractivity contribution is 7.70. The van der Waals surface area contributed by atoms with Crippen molar-refractivity contribution in [1.82, 2.24) is 34.9 Å². The number of ether oxygens (including phenoxy) is 1. The topological polar surface area (TPSA) is 153 Å². The first kappa shape index (κ1) is 44.9. The van der Waals surface area contributed by atoms with Crippen molar-refractivity contribution in [2.24, 2.45) is 7.05 Å². The minimum atomic E-state index is -2.55. The first-order valence-electron chi connectivity index (χ1n) is 22.1. The SMILES string of the molecule is CCc1cc(Nc2ncc(Cl)c(Nc3ccccc3P(C)(C)=O)n2)c(OC)cc1N1CCC(N2CCN(CCCC#Cc3ccc4c(N5CCC(=O)NC5=O)nn(C)c4c3)CC2)CC1. The Morgan fingerprint density at radius 1 is 0.969 bits per heavy atom. The molecule has 3 aliphatic rings. The van der Waals surface area contributed by atoms with Crippen LogP contribution in [-0.4, -0.2) is 120 Å². The number of carbonyl (C=O) groups is 2. The van der Waals surface area contributed by atoms with Crippen molar-refractivity contribution in [2.45, 2.75) is 51.5 Å². The van der Waals surface area contributed by atoms with Gasteiger partial charge in [-0.3, -0.25) is 24.6 Å². The molecule has 64 heavy (non-hydrogen) atoms. The van der Waals surface area contributed by atoms with Crippen molar-refractivity contribution < 1.29 is 18.9 Å². The predicted octanol–water partition coefficient (Wildman–Crippen LogP) is 7.19. The van der Waals surface area contributed by atoms with Gasteiger partial charge in [-0.1, -0.05) is 42.5 Å². The average Bonchev–Trinajstić information content (AvgIpc) is 3.61. The Morgan fingerprint density at radius 2 is 1.75 bits per heavy atom. The number of nitrogens with zero attached hydrogens (tertiary/aromatic N) is 8. The number of methoxy groups -OCH3 is 1. The summed E-state index contributed by atoms with van der Waals surface area (Å²) in [6.45, 7) is 13.3. The average molecular weight is 906 g/mol. The van der Waals surface area contributed by atoms with E-state index in [1.165, 1.54) is 16.2 Å². The molecule has 3 aromatic carbocycles. The Hall–Kier alpha value is -5.65. The summed E-state index contributed by atoms with van der Waals surface area (Å²) in [4.78, 5) is 42.5. The Morgan fingerprint density at radius 3 is 2.48 bits per heavy atom. The van der Waals surface area contributed by atoms with Crippen molar-refractivity contribution in [3.8, 4) is 17.6 Å². The van der Waals surface area contributed by atoms with E-state index in [2.05, 4.69) is 71.6 Å². The molecule has 0 atom stereocenters. The number of hydrogen-bond donors (Lipinski definition) is 3. The summed E-state index contributed by atoms with van der Waals surface area (Å²) in [6.07, 6.45) is 6.74. The minimum absolute atomic E-state index is 0.255. The van der Waals surface area contributed by atoms with Gasteiger partial charge in [0.15, 0.2) is 11.6 Å². The van der Waals surface area contributed by atoms with Crippen LogP contribution in [0.1, 0.15) is 50.2 Å². The van der Waals surface area contributed by atoms with Gasteiger partial charge < -0.3 is 29.7 Å². The Kier molecular flexibility index (Phi) is 13.8. The van der Waals surface area contributed by atoms with Crippen LogP contribution in [0.25, 0.3) is 10.9 Å². The largest absolute Gasteiger partial charge is 0.494 e. The molecule has 15 nitrogen and oxygen atoms in total. The first-order chi connectivity index (χ1) is 30.9. The normalized spacial score (nSPS) is 16.7. The van der Waals surface area contributed by atoms with E-state index in [1.54, 1.807) is 31.3 Å². The van der Waals surface area contributed by atoms with Gasteiger partial charge in [0, 0.05) is 99.8 Å². The molecular weight excluding hydrogens is 849 g/mol. The molecule has 0 radical (unpaired) electrons. The number of benzene rings is 3. The number of unbranched alkanes of at least 4 members (excludes halogenated alkanes) is 1. The van der Waals surface area contributed by atoms with E-state index in [0.29, 0.717) is 46.6 Å². The van der Waals surface area contributed by atoms with Crippen LogP contribution in [0.15, 0.2) is 60.8 Å². The van der Waals surface area contributed by atoms with E-state index < -0.39 is 13.2 Å². The fourth-order valence-corrected chi connectivity index (χ4v) is 10.2. The number of amides is 3. The van der Waals surface area contributed by atoms with E-state index in [1.807, 2.05) is 49.5 Å². The summed E-state index contributed by atoms with van der Waals surface area (Å²) in [5.74, 6) is 8.47. The van der Waals surface area contributed by atoms with Gasteiger partial charge in [-0.25, -0.2) is 9.78 Å². The smallest absolute Gasteiger partial charge is 0.329 e. The van der Waals surface area contributed by atoms with Crippen molar-refractivity contribution in [2.75, 3.05) is 93.2 Å². The summed E-state index contributed by atoms with van der Waals surface area (Å²) in [5.41, 5.74) is 5.69. The lowest BCUT2D eigenvalue weighted by Gasteiger charge is -2.43. The van der Waals surface area contributed by atoms with Gasteiger partial charge >= 0.3 is 6.03 Å². The number of nitrogens with one attached hydrogen (secondary N) is 3. The molecule has 0 unspecified atom stereocenters. The van der Waals surface area contributed by atoms with Crippen LogP contribution in [0, 0.1) is 11.8 Å². The molecule has 3 saturated heterocycles. The molecule has 2 aromatic heterocycles. The van der Waals surface area contributed by atoms with Gasteiger partial charge in [0.25, 0.3) is 0 Å². The number of hydrogen-bond acceptors (Lipinski definition) is 12. The van der Waals surface area contributed by atoms with Crippen LogP contribution in [-0.2, 0) is 22.8 Å². The van der Waals surface area contributed by atoms with Crippen LogP contribution in [0.5, 0.6) is 5.75 Å². The molecule has 0 saturated carbocycles. The summed E-state index contributed by atoms with van der Waals surface area (Å²) in [5, 5.41) is 15.5. The quantitative estimate of drug-likeness (QED) is 0.0623. The molecule has 0 spiro atoms. The zero-order valence-corrected chi connectivity index (χ0v) is 38.9. The van der Waals surface area contributed by atoms with Crippen molar-refractivity contribution in [3.05, 3.63) is 76.9 Å². The van der Waals surface area contributed by atoms with Crippen LogP contribution < -0.4 is 35.8 Å². The maximum absolute atomic E-state index is 13.0. The molecule has 3 amide bonds. The summed E-state index contributed by atoms with van der Waals surface area (Å²) in [6, 6.07) is 17.8. The molecule has 5 heterocycles. The fourth-order valence-electron chi connectivity index (χ4n) is 8.93. The van der Waals surface area contributed by atoms with E-state index in [0.717, 1.165) is 105 Å². The summed E-state index contributed by atoms with van der Waals surface area (Å²) < 4.78 is 20.7. The Balaban J connectivity index is 0.808. The van der Waals surface area contributed by atoms with Gasteiger partial charge in [-0.15, -0.1) is 0 Å². The zero-order valence-electron chi connectivity index (χ0n) is 37.3. The molecule has 8 rings (SSSR count). The van der Waals surface area contributed by atoms with Crippen LogP contribution in [0.3, 0.4) is 0 Å². The van der Waals surface area contributed by atoms with E-state index in [4.69, 9.17) is 21.3 Å². The molecule has 0 bridgehead atoms. The van der Waals surface area contributed by atoms with Crippen molar-refractivity contribution in [1.29, 1.82) is 0 Å². The number of piperidine rings is 1. The number of halogens is 1. The zero-order chi connectivity index (χ0) is 45.0. The highest BCUT2D eigenvalue weighted by Crippen LogP contribution is 2.40. The number of urea groups is 1. The molecule has 336 valence electrons. The van der Waals surface area contributed by atoms with Gasteiger partial charge in [-0.2, -0.15) is 10.1 Å². The molecule has 17 heteroatoms. The monoisotopic (exact) mass is 905 g/mol. The second-order valence-electron chi connectivity index (χ2n) is 17.0. The maximum Gasteiger partial charge on any atom is 0.329 e. The number of aromatic nitrogens is 4. The number of anilines is 6.